The van der Waals surface area contributed by atoms with Crippen molar-refractivity contribution in [1.82, 2.24) is 14.8 Å². The first-order chi connectivity index (χ1) is 14.5. The van der Waals surface area contributed by atoms with E-state index in [1.807, 2.05) is 37.5 Å². The highest BCUT2D eigenvalue weighted by Gasteiger charge is 2.16. The van der Waals surface area contributed by atoms with Gasteiger partial charge in [0.05, 0.1) is 23.9 Å². The summed E-state index contributed by atoms with van der Waals surface area (Å²) < 4.78 is 12.8. The predicted octanol–water partition coefficient (Wildman–Crippen LogP) is 2.63. The molecular weight excluding hydrogens is 384 g/mol. The maximum absolute atomic E-state index is 12.3. The van der Waals surface area contributed by atoms with Gasteiger partial charge in [-0.15, -0.1) is 0 Å². The van der Waals surface area contributed by atoms with Crippen molar-refractivity contribution < 1.29 is 24.2 Å². The van der Waals surface area contributed by atoms with Gasteiger partial charge in [0.25, 0.3) is 0 Å². The first-order valence-electron chi connectivity index (χ1n) is 9.35. The van der Waals surface area contributed by atoms with Crippen molar-refractivity contribution in [2.75, 3.05) is 20.3 Å². The molecule has 0 spiro atoms. The van der Waals surface area contributed by atoms with Crippen LogP contribution in [0.3, 0.4) is 0 Å². The van der Waals surface area contributed by atoms with Gasteiger partial charge in [0.15, 0.2) is 0 Å². The number of aromatic nitrogens is 4. The van der Waals surface area contributed by atoms with Gasteiger partial charge in [-0.3, -0.25) is 9.89 Å². The zero-order chi connectivity index (χ0) is 21.1. The molecule has 0 aliphatic carbocycles. The van der Waals surface area contributed by atoms with Gasteiger partial charge in [-0.2, -0.15) is 5.10 Å². The molecule has 0 saturated carbocycles. The summed E-state index contributed by atoms with van der Waals surface area (Å²) >= 11 is 0. The Balaban J connectivity index is 1.72. The second-order valence-corrected chi connectivity index (χ2v) is 6.82. The monoisotopic (exact) mass is 405 g/mol. The Labute approximate surface area is 172 Å². The van der Waals surface area contributed by atoms with E-state index in [2.05, 4.69) is 10.1 Å². The minimum atomic E-state index is -0.472. The van der Waals surface area contributed by atoms with Gasteiger partial charge < -0.3 is 9.47 Å². The highest BCUT2D eigenvalue weighted by molar-refractivity contribution is 5.99. The molecule has 1 aromatic carbocycles. The summed E-state index contributed by atoms with van der Waals surface area (Å²) in [5.41, 5.74) is 4.56. The zero-order valence-electron chi connectivity index (χ0n) is 16.6. The number of rotatable bonds is 6. The number of pyridine rings is 2. The molecule has 3 aromatic heterocycles. The second kappa shape index (κ2) is 8.30. The first-order valence-corrected chi connectivity index (χ1v) is 9.35. The SMILES string of the molecule is COCCOC(=O)c1cnc2c[n+](O)cc(-c3ccc(-c4cnn(C)c4)cc3)c2c1. The molecular formula is C22H21N4O4+. The van der Waals surface area contributed by atoms with Crippen LogP contribution in [0.15, 0.2) is 61.3 Å². The van der Waals surface area contributed by atoms with E-state index in [9.17, 15) is 10.0 Å². The molecule has 4 aromatic rings. The van der Waals surface area contributed by atoms with Crippen LogP contribution in [0.1, 0.15) is 10.4 Å². The van der Waals surface area contributed by atoms with Crippen molar-refractivity contribution in [2.45, 2.75) is 0 Å². The van der Waals surface area contributed by atoms with E-state index < -0.39 is 5.97 Å². The van der Waals surface area contributed by atoms with Crippen LogP contribution < -0.4 is 4.73 Å². The molecule has 0 bridgehead atoms. The third-order valence-corrected chi connectivity index (χ3v) is 4.72. The number of hydrogen-bond donors (Lipinski definition) is 1. The molecule has 8 heteroatoms. The minimum absolute atomic E-state index is 0.168. The average Bonchev–Trinajstić information content (AvgIpc) is 3.19. The molecule has 0 unspecified atom stereocenters. The second-order valence-electron chi connectivity index (χ2n) is 6.82. The third kappa shape index (κ3) is 3.99. The average molecular weight is 405 g/mol. The molecule has 30 heavy (non-hydrogen) atoms. The lowest BCUT2D eigenvalue weighted by Crippen LogP contribution is -2.29. The van der Waals surface area contributed by atoms with Crippen LogP contribution in [0.25, 0.3) is 33.2 Å². The summed E-state index contributed by atoms with van der Waals surface area (Å²) in [7, 11) is 3.42. The van der Waals surface area contributed by atoms with Gasteiger partial charge in [-0.05, 0) is 17.2 Å². The van der Waals surface area contributed by atoms with E-state index in [1.165, 1.54) is 12.4 Å². The van der Waals surface area contributed by atoms with Crippen molar-refractivity contribution in [3.05, 3.63) is 66.9 Å². The molecule has 0 atom stereocenters. The molecule has 0 aliphatic rings. The Bertz CT molecular complexity index is 1200. The maximum atomic E-state index is 12.3. The van der Waals surface area contributed by atoms with Crippen molar-refractivity contribution in [1.29, 1.82) is 0 Å². The summed E-state index contributed by atoms with van der Waals surface area (Å²) in [5, 5.41) is 15.0. The molecule has 0 radical (unpaired) electrons. The lowest BCUT2D eigenvalue weighted by molar-refractivity contribution is -0.903. The van der Waals surface area contributed by atoms with Crippen LogP contribution in [0.5, 0.6) is 0 Å². The molecule has 1 N–H and O–H groups in total. The number of nitrogens with zero attached hydrogens (tertiary/aromatic N) is 4. The van der Waals surface area contributed by atoms with Gasteiger partial charge in [0.1, 0.15) is 12.1 Å². The number of benzene rings is 1. The highest BCUT2D eigenvalue weighted by atomic mass is 16.6. The highest BCUT2D eigenvalue weighted by Crippen LogP contribution is 2.29. The van der Waals surface area contributed by atoms with Crippen LogP contribution >= 0.6 is 0 Å². The van der Waals surface area contributed by atoms with Gasteiger partial charge in [0, 0.05) is 42.2 Å². The smallest absolute Gasteiger partial charge is 0.339 e. The van der Waals surface area contributed by atoms with Crippen LogP contribution in [0, 0.1) is 0 Å². The topological polar surface area (TPSA) is 90.3 Å². The first kappa shape index (κ1) is 19.5. The number of fused-ring (bicyclic) bond motifs is 1. The molecule has 4 rings (SSSR count). The van der Waals surface area contributed by atoms with E-state index in [1.54, 1.807) is 30.3 Å². The molecule has 0 fully saturated rings. The van der Waals surface area contributed by atoms with Crippen molar-refractivity contribution in [2.24, 2.45) is 7.05 Å². The normalized spacial score (nSPS) is 11.0. The Morgan fingerprint density at radius 1 is 1.10 bits per heavy atom. The van der Waals surface area contributed by atoms with Crippen LogP contribution in [0.4, 0.5) is 0 Å². The largest absolute Gasteiger partial charge is 0.460 e. The van der Waals surface area contributed by atoms with Crippen LogP contribution in [-0.2, 0) is 16.5 Å². The van der Waals surface area contributed by atoms with Crippen molar-refractivity contribution >= 4 is 16.9 Å². The zero-order valence-corrected chi connectivity index (χ0v) is 16.6. The van der Waals surface area contributed by atoms with Crippen molar-refractivity contribution in [3.63, 3.8) is 0 Å². The Morgan fingerprint density at radius 2 is 1.87 bits per heavy atom. The number of aryl methyl sites for hydroxylation is 1. The number of ether oxygens (including phenoxy) is 2. The molecule has 3 heterocycles. The fraction of sp³-hybridized carbons (Fsp3) is 0.182. The number of methoxy groups -OCH3 is 1. The van der Waals surface area contributed by atoms with E-state index >= 15 is 0 Å². The van der Waals surface area contributed by atoms with Gasteiger partial charge in [-0.25, -0.2) is 9.78 Å². The summed E-state index contributed by atoms with van der Waals surface area (Å²) in [4.78, 5) is 16.6. The Kier molecular flexibility index (Phi) is 5.40. The van der Waals surface area contributed by atoms with Crippen molar-refractivity contribution in [3.8, 4) is 22.3 Å². The summed E-state index contributed by atoms with van der Waals surface area (Å²) in [6.07, 6.45) is 8.26. The van der Waals surface area contributed by atoms with Gasteiger partial charge in [0.2, 0.25) is 12.4 Å². The van der Waals surface area contributed by atoms with Gasteiger partial charge in [-0.1, -0.05) is 24.3 Å². The fourth-order valence-corrected chi connectivity index (χ4v) is 3.21. The van der Waals surface area contributed by atoms with E-state index in [0.717, 1.165) is 32.4 Å². The maximum Gasteiger partial charge on any atom is 0.339 e. The lowest BCUT2D eigenvalue weighted by Gasteiger charge is -2.07. The van der Waals surface area contributed by atoms with E-state index in [0.29, 0.717) is 17.7 Å². The number of carbonyl (C=O) groups is 1. The number of carbonyl (C=O) groups excluding carboxylic acids is 1. The summed E-state index contributed by atoms with van der Waals surface area (Å²) in [5.74, 6) is -0.472. The van der Waals surface area contributed by atoms with Gasteiger partial charge >= 0.3 is 5.97 Å². The summed E-state index contributed by atoms with van der Waals surface area (Å²) in [6.45, 7) is 0.493. The number of esters is 1. The number of hydrogen-bond acceptors (Lipinski definition) is 6. The van der Waals surface area contributed by atoms with E-state index in [4.69, 9.17) is 9.47 Å². The van der Waals surface area contributed by atoms with E-state index in [-0.39, 0.29) is 6.61 Å². The molecule has 8 nitrogen and oxygen atoms in total. The Hall–Kier alpha value is -3.78. The third-order valence-electron chi connectivity index (χ3n) is 4.72. The molecule has 0 saturated heterocycles. The lowest BCUT2D eigenvalue weighted by atomic mass is 9.99. The van der Waals surface area contributed by atoms with Crippen LogP contribution in [-0.4, -0.2) is 46.3 Å². The minimum Gasteiger partial charge on any atom is -0.460 e. The summed E-state index contributed by atoms with van der Waals surface area (Å²) in [6, 6.07) is 9.62. The molecule has 0 amide bonds. The Morgan fingerprint density at radius 3 is 2.57 bits per heavy atom. The molecule has 0 aliphatic heterocycles. The van der Waals surface area contributed by atoms with Crippen LogP contribution in [0.2, 0.25) is 0 Å². The standard InChI is InChI=1S/C22H21N4O4/c1-25-12-18(11-24-25)15-3-5-16(6-4-15)20-13-26(28)14-21-19(20)9-17(10-23-21)22(27)30-8-7-29-2/h3-6,9-14,28H,7-8H2,1-2H3/q+1. The predicted molar refractivity (Wildman–Crippen MR) is 109 cm³/mol. The fourth-order valence-electron chi connectivity index (χ4n) is 3.21. The molecule has 152 valence electrons. The quantitative estimate of drug-likeness (QED) is 0.230.